The molecule has 104 valence electrons. The number of hydrogen-bond acceptors (Lipinski definition) is 4. The van der Waals surface area contributed by atoms with Gasteiger partial charge in [-0.3, -0.25) is 4.79 Å². The Kier molecular flexibility index (Phi) is 4.42. The number of halogens is 1. The minimum Gasteiger partial charge on any atom is -0.495 e. The van der Waals surface area contributed by atoms with Crippen molar-refractivity contribution in [3.63, 3.8) is 0 Å². The number of carbonyl (C=O) groups excluding carboxylic acids is 1. The van der Waals surface area contributed by atoms with Crippen molar-refractivity contribution in [3.8, 4) is 5.75 Å². The van der Waals surface area contributed by atoms with E-state index in [-0.39, 0.29) is 5.91 Å². The molecule has 1 aromatic heterocycles. The molecule has 0 bridgehead atoms. The fourth-order valence-electron chi connectivity index (χ4n) is 1.62. The van der Waals surface area contributed by atoms with Gasteiger partial charge in [0.05, 0.1) is 17.7 Å². The number of aromatic nitrogens is 1. The number of amides is 1. The van der Waals surface area contributed by atoms with Crippen LogP contribution in [0.4, 0.5) is 11.5 Å². The lowest BCUT2D eigenvalue weighted by Crippen LogP contribution is -2.12. The second kappa shape index (κ2) is 6.25. The van der Waals surface area contributed by atoms with Crippen LogP contribution in [0.5, 0.6) is 5.75 Å². The topological polar surface area (TPSA) is 63.2 Å². The van der Waals surface area contributed by atoms with Gasteiger partial charge in [0.15, 0.2) is 0 Å². The quantitative estimate of drug-likeness (QED) is 0.909. The Morgan fingerprint density at radius 1 is 1.30 bits per heavy atom. The SMILES string of the molecule is CNc1ccc(C(=O)Nc2ccc(OC)c(Cl)c2)cn1. The Balaban J connectivity index is 2.12. The van der Waals surface area contributed by atoms with Crippen molar-refractivity contribution in [1.29, 1.82) is 0 Å². The molecule has 0 aliphatic heterocycles. The highest BCUT2D eigenvalue weighted by atomic mass is 35.5. The number of rotatable bonds is 4. The molecule has 1 amide bonds. The molecule has 0 aliphatic carbocycles. The second-order valence-electron chi connectivity index (χ2n) is 3.99. The highest BCUT2D eigenvalue weighted by Crippen LogP contribution is 2.27. The predicted molar refractivity (Wildman–Crippen MR) is 79.7 cm³/mol. The molecule has 20 heavy (non-hydrogen) atoms. The average molecular weight is 292 g/mol. The standard InChI is InChI=1S/C14H14ClN3O2/c1-16-13-6-3-9(8-17-13)14(19)18-10-4-5-12(20-2)11(15)7-10/h3-8H,1-2H3,(H,16,17)(H,18,19). The zero-order chi connectivity index (χ0) is 14.5. The molecule has 0 fully saturated rings. The van der Waals surface area contributed by atoms with Crippen molar-refractivity contribution in [2.24, 2.45) is 0 Å². The van der Waals surface area contributed by atoms with Crippen LogP contribution < -0.4 is 15.4 Å². The summed E-state index contributed by atoms with van der Waals surface area (Å²) in [5.41, 5.74) is 1.06. The van der Waals surface area contributed by atoms with E-state index < -0.39 is 0 Å². The van der Waals surface area contributed by atoms with Crippen LogP contribution in [0, 0.1) is 0 Å². The highest BCUT2D eigenvalue weighted by molar-refractivity contribution is 6.32. The third kappa shape index (κ3) is 3.19. The van der Waals surface area contributed by atoms with Crippen molar-refractivity contribution in [3.05, 3.63) is 47.1 Å². The summed E-state index contributed by atoms with van der Waals surface area (Å²) >= 11 is 6.00. The Hall–Kier alpha value is -2.27. The van der Waals surface area contributed by atoms with Crippen molar-refractivity contribution in [2.75, 3.05) is 24.8 Å². The average Bonchev–Trinajstić information content (AvgIpc) is 2.47. The van der Waals surface area contributed by atoms with E-state index in [1.807, 2.05) is 0 Å². The number of carbonyl (C=O) groups is 1. The molecule has 2 rings (SSSR count). The number of benzene rings is 1. The largest absolute Gasteiger partial charge is 0.495 e. The first kappa shape index (κ1) is 14.1. The highest BCUT2D eigenvalue weighted by Gasteiger charge is 2.08. The maximum absolute atomic E-state index is 12.0. The molecule has 2 aromatic rings. The Bertz CT molecular complexity index is 614. The molecule has 6 heteroatoms. The summed E-state index contributed by atoms with van der Waals surface area (Å²) in [6.07, 6.45) is 1.51. The number of hydrogen-bond donors (Lipinski definition) is 2. The molecule has 0 saturated heterocycles. The predicted octanol–water partition coefficient (Wildman–Crippen LogP) is 3.04. The number of methoxy groups -OCH3 is 1. The normalized spacial score (nSPS) is 9.95. The molecule has 0 atom stereocenters. The first-order chi connectivity index (χ1) is 9.63. The lowest BCUT2D eigenvalue weighted by atomic mass is 10.2. The smallest absolute Gasteiger partial charge is 0.257 e. The molecule has 1 heterocycles. The third-order valence-corrected chi connectivity index (χ3v) is 2.99. The Labute approximate surface area is 121 Å². The summed E-state index contributed by atoms with van der Waals surface area (Å²) in [5.74, 6) is 1.01. The summed E-state index contributed by atoms with van der Waals surface area (Å²) in [6.45, 7) is 0. The van der Waals surface area contributed by atoms with E-state index in [1.165, 1.54) is 13.3 Å². The molecule has 2 N–H and O–H groups in total. The first-order valence-electron chi connectivity index (χ1n) is 5.92. The van der Waals surface area contributed by atoms with Crippen LogP contribution in [0.3, 0.4) is 0 Å². The van der Waals surface area contributed by atoms with E-state index in [2.05, 4.69) is 15.6 Å². The van der Waals surface area contributed by atoms with Gasteiger partial charge in [0.2, 0.25) is 0 Å². The Morgan fingerprint density at radius 3 is 2.65 bits per heavy atom. The zero-order valence-corrected chi connectivity index (χ0v) is 11.9. The van der Waals surface area contributed by atoms with Gasteiger partial charge < -0.3 is 15.4 Å². The van der Waals surface area contributed by atoms with Crippen LogP contribution in [-0.4, -0.2) is 25.0 Å². The number of anilines is 2. The summed E-state index contributed by atoms with van der Waals surface area (Å²) in [6, 6.07) is 8.47. The number of nitrogens with zero attached hydrogens (tertiary/aromatic N) is 1. The second-order valence-corrected chi connectivity index (χ2v) is 4.39. The molecule has 0 radical (unpaired) electrons. The van der Waals surface area contributed by atoms with Gasteiger partial charge in [-0.25, -0.2) is 4.98 Å². The van der Waals surface area contributed by atoms with E-state index in [1.54, 1.807) is 37.4 Å². The monoisotopic (exact) mass is 291 g/mol. The summed E-state index contributed by atoms with van der Waals surface area (Å²) < 4.78 is 5.05. The van der Waals surface area contributed by atoms with Crippen molar-refractivity contribution in [1.82, 2.24) is 4.98 Å². The van der Waals surface area contributed by atoms with Crippen LogP contribution >= 0.6 is 11.6 Å². The van der Waals surface area contributed by atoms with Crippen molar-refractivity contribution in [2.45, 2.75) is 0 Å². The lowest BCUT2D eigenvalue weighted by Gasteiger charge is -2.08. The van der Waals surface area contributed by atoms with Crippen LogP contribution in [0.25, 0.3) is 0 Å². The van der Waals surface area contributed by atoms with Gasteiger partial charge >= 0.3 is 0 Å². The van der Waals surface area contributed by atoms with Crippen LogP contribution in [0.15, 0.2) is 36.5 Å². The molecule has 0 spiro atoms. The molecule has 0 saturated carbocycles. The molecular weight excluding hydrogens is 278 g/mol. The van der Waals surface area contributed by atoms with Gasteiger partial charge in [0.25, 0.3) is 5.91 Å². The van der Waals surface area contributed by atoms with Crippen molar-refractivity contribution < 1.29 is 9.53 Å². The summed E-state index contributed by atoms with van der Waals surface area (Å²) in [7, 11) is 3.30. The van der Waals surface area contributed by atoms with Gasteiger partial charge in [0.1, 0.15) is 11.6 Å². The minimum absolute atomic E-state index is 0.249. The van der Waals surface area contributed by atoms with Crippen molar-refractivity contribution >= 4 is 29.0 Å². The van der Waals surface area contributed by atoms with Crippen LogP contribution in [0.2, 0.25) is 5.02 Å². The van der Waals surface area contributed by atoms with E-state index >= 15 is 0 Å². The summed E-state index contributed by atoms with van der Waals surface area (Å²) in [5, 5.41) is 6.08. The molecule has 1 aromatic carbocycles. The fourth-order valence-corrected chi connectivity index (χ4v) is 1.88. The molecule has 0 aliphatic rings. The van der Waals surface area contributed by atoms with Gasteiger partial charge in [-0.15, -0.1) is 0 Å². The van der Waals surface area contributed by atoms with Crippen LogP contribution in [0.1, 0.15) is 10.4 Å². The Morgan fingerprint density at radius 2 is 2.10 bits per heavy atom. The van der Waals surface area contributed by atoms with E-state index in [0.29, 0.717) is 27.8 Å². The summed E-state index contributed by atoms with van der Waals surface area (Å²) in [4.78, 5) is 16.1. The number of pyridine rings is 1. The fraction of sp³-hybridized carbons (Fsp3) is 0.143. The lowest BCUT2D eigenvalue weighted by molar-refractivity contribution is 0.102. The minimum atomic E-state index is -0.249. The van der Waals surface area contributed by atoms with Crippen LogP contribution in [-0.2, 0) is 0 Å². The van der Waals surface area contributed by atoms with Gasteiger partial charge in [-0.1, -0.05) is 11.6 Å². The van der Waals surface area contributed by atoms with E-state index in [9.17, 15) is 4.79 Å². The maximum atomic E-state index is 12.0. The van der Waals surface area contributed by atoms with E-state index in [4.69, 9.17) is 16.3 Å². The molecule has 0 unspecified atom stereocenters. The van der Waals surface area contributed by atoms with E-state index in [0.717, 1.165) is 0 Å². The zero-order valence-electron chi connectivity index (χ0n) is 11.1. The van der Waals surface area contributed by atoms with Gasteiger partial charge in [-0.05, 0) is 30.3 Å². The molecule has 5 nitrogen and oxygen atoms in total. The number of nitrogens with one attached hydrogen (secondary N) is 2. The maximum Gasteiger partial charge on any atom is 0.257 e. The first-order valence-corrected chi connectivity index (χ1v) is 6.30. The third-order valence-electron chi connectivity index (χ3n) is 2.69. The molecular formula is C14H14ClN3O2. The number of ether oxygens (including phenoxy) is 1. The van der Waals surface area contributed by atoms with Gasteiger partial charge in [-0.2, -0.15) is 0 Å². The van der Waals surface area contributed by atoms with Gasteiger partial charge in [0, 0.05) is 18.9 Å².